The quantitative estimate of drug-likeness (QED) is 0.478. The summed E-state index contributed by atoms with van der Waals surface area (Å²) in [6, 6.07) is 16.8. The van der Waals surface area contributed by atoms with E-state index in [1.54, 1.807) is 43.3 Å². The van der Waals surface area contributed by atoms with Crippen molar-refractivity contribution in [2.75, 3.05) is 6.61 Å². The number of esters is 1. The fraction of sp³-hybridized carbons (Fsp3) is 0.120. The van der Waals surface area contributed by atoms with Crippen molar-refractivity contribution in [3.8, 4) is 0 Å². The van der Waals surface area contributed by atoms with Crippen molar-refractivity contribution in [1.29, 1.82) is 0 Å². The minimum Gasteiger partial charge on any atom is -0.462 e. The number of carbonyl (C=O) groups is 2. The second-order valence-corrected chi connectivity index (χ2v) is 8.01. The summed E-state index contributed by atoms with van der Waals surface area (Å²) in [5.74, 6) is -1.66. The zero-order valence-corrected chi connectivity index (χ0v) is 17.5. The number of aromatic nitrogens is 2. The van der Waals surface area contributed by atoms with Gasteiger partial charge in [-0.15, -0.1) is 0 Å². The maximum atomic E-state index is 14.2. The molecule has 4 aromatic rings. The van der Waals surface area contributed by atoms with E-state index in [1.165, 1.54) is 12.1 Å². The molecule has 1 atom stereocenters. The predicted octanol–water partition coefficient (Wildman–Crippen LogP) is 1.96. The van der Waals surface area contributed by atoms with E-state index in [2.05, 4.69) is 0 Å². The van der Waals surface area contributed by atoms with Gasteiger partial charge >= 0.3 is 5.97 Å². The van der Waals surface area contributed by atoms with Crippen LogP contribution in [0.3, 0.4) is 0 Å². The molecular formula is C25H17N3O5. The molecule has 1 aromatic heterocycles. The van der Waals surface area contributed by atoms with Crippen molar-refractivity contribution in [2.24, 2.45) is 5.73 Å². The van der Waals surface area contributed by atoms with Crippen molar-refractivity contribution in [3.05, 3.63) is 98.1 Å². The van der Waals surface area contributed by atoms with Crippen molar-refractivity contribution < 1.29 is 14.3 Å². The first kappa shape index (κ1) is 19.2. The van der Waals surface area contributed by atoms with Crippen LogP contribution in [0, 0.1) is 0 Å². The fourth-order valence-corrected chi connectivity index (χ4v) is 5.25. The lowest BCUT2D eigenvalue weighted by Crippen LogP contribution is -2.51. The Morgan fingerprint density at radius 1 is 0.939 bits per heavy atom. The van der Waals surface area contributed by atoms with Crippen LogP contribution >= 0.6 is 0 Å². The number of nitrogens with zero attached hydrogens (tertiary/aromatic N) is 2. The summed E-state index contributed by atoms with van der Waals surface area (Å²) < 4.78 is 7.26. The maximum absolute atomic E-state index is 14.2. The van der Waals surface area contributed by atoms with Crippen molar-refractivity contribution >= 4 is 39.1 Å². The highest BCUT2D eigenvalue weighted by Crippen LogP contribution is 2.50. The second kappa shape index (κ2) is 6.29. The van der Waals surface area contributed by atoms with Gasteiger partial charge in [-0.2, -0.15) is 4.68 Å². The summed E-state index contributed by atoms with van der Waals surface area (Å²) >= 11 is 0. The molecule has 1 aliphatic heterocycles. The Morgan fingerprint density at radius 3 is 2.30 bits per heavy atom. The van der Waals surface area contributed by atoms with Crippen molar-refractivity contribution in [3.63, 3.8) is 0 Å². The van der Waals surface area contributed by atoms with Crippen molar-refractivity contribution in [1.82, 2.24) is 9.36 Å². The topological polar surface area (TPSA) is 113 Å². The van der Waals surface area contributed by atoms with Gasteiger partial charge in [-0.05, 0) is 29.8 Å². The van der Waals surface area contributed by atoms with Gasteiger partial charge in [0.2, 0.25) is 5.78 Å². The summed E-state index contributed by atoms with van der Waals surface area (Å²) in [7, 11) is 0. The molecule has 8 nitrogen and oxygen atoms in total. The fourth-order valence-electron chi connectivity index (χ4n) is 5.25. The average Bonchev–Trinajstić information content (AvgIpc) is 3.24. The van der Waals surface area contributed by atoms with Crippen molar-refractivity contribution in [2.45, 2.75) is 12.5 Å². The van der Waals surface area contributed by atoms with Crippen LogP contribution in [0.5, 0.6) is 0 Å². The first-order chi connectivity index (χ1) is 15.9. The SMILES string of the molecule is CCOC(=O)C1=C(N)n2c(=O)c3ccccc3c(=O)n2C12C(=O)c1cccc3cccc2c13. The molecule has 0 amide bonds. The molecule has 2 N–H and O–H groups in total. The average molecular weight is 439 g/mol. The highest BCUT2D eigenvalue weighted by atomic mass is 16.5. The third kappa shape index (κ3) is 2.05. The van der Waals surface area contributed by atoms with Crippen LogP contribution in [0.4, 0.5) is 0 Å². The van der Waals surface area contributed by atoms with Gasteiger partial charge in [0.1, 0.15) is 11.4 Å². The number of ether oxygens (including phenoxy) is 1. The van der Waals surface area contributed by atoms with Gasteiger partial charge in [0.15, 0.2) is 5.54 Å². The molecule has 1 aliphatic carbocycles. The van der Waals surface area contributed by atoms with Crippen LogP contribution in [0.25, 0.3) is 27.4 Å². The van der Waals surface area contributed by atoms with E-state index < -0.39 is 28.4 Å². The predicted molar refractivity (Wildman–Crippen MR) is 122 cm³/mol. The zero-order valence-electron chi connectivity index (χ0n) is 17.5. The van der Waals surface area contributed by atoms with E-state index in [0.29, 0.717) is 16.5 Å². The Balaban J connectivity index is 1.88. The van der Waals surface area contributed by atoms with Gasteiger partial charge in [-0.25, -0.2) is 9.48 Å². The summed E-state index contributed by atoms with van der Waals surface area (Å²) in [6.07, 6.45) is 0. The molecule has 0 radical (unpaired) electrons. The Labute approximate surface area is 186 Å². The molecule has 1 spiro atoms. The number of hydrogen-bond acceptors (Lipinski definition) is 6. The summed E-state index contributed by atoms with van der Waals surface area (Å²) in [5, 5.41) is 1.65. The number of carbonyl (C=O) groups excluding carboxylic acids is 2. The molecule has 0 bridgehead atoms. The third-order valence-corrected chi connectivity index (χ3v) is 6.48. The van der Waals surface area contributed by atoms with Gasteiger partial charge in [-0.1, -0.05) is 48.5 Å². The van der Waals surface area contributed by atoms with Crippen LogP contribution in [0.2, 0.25) is 0 Å². The monoisotopic (exact) mass is 439 g/mol. The lowest BCUT2D eigenvalue weighted by Gasteiger charge is -2.28. The molecule has 33 heavy (non-hydrogen) atoms. The van der Waals surface area contributed by atoms with Crippen LogP contribution < -0.4 is 16.9 Å². The minimum absolute atomic E-state index is 0.0269. The first-order valence-electron chi connectivity index (χ1n) is 10.5. The molecule has 2 aliphatic rings. The molecule has 6 rings (SSSR count). The summed E-state index contributed by atoms with van der Waals surface area (Å²) in [5.41, 5.74) is 3.77. The summed E-state index contributed by atoms with van der Waals surface area (Å²) in [6.45, 7) is 1.65. The second-order valence-electron chi connectivity index (χ2n) is 8.01. The van der Waals surface area contributed by atoms with E-state index in [-0.39, 0.29) is 28.8 Å². The Bertz CT molecular complexity index is 1720. The maximum Gasteiger partial charge on any atom is 0.341 e. The number of fused-ring (bicyclic) bond motifs is 4. The van der Waals surface area contributed by atoms with Gasteiger partial charge in [0.05, 0.1) is 17.4 Å². The first-order valence-corrected chi connectivity index (χ1v) is 10.5. The third-order valence-electron chi connectivity index (χ3n) is 6.48. The lowest BCUT2D eigenvalue weighted by atomic mass is 9.82. The molecule has 3 aromatic carbocycles. The summed E-state index contributed by atoms with van der Waals surface area (Å²) in [4.78, 5) is 54.8. The molecular weight excluding hydrogens is 422 g/mol. The molecule has 8 heteroatoms. The highest BCUT2D eigenvalue weighted by Gasteiger charge is 2.61. The molecule has 0 saturated carbocycles. The van der Waals surface area contributed by atoms with Gasteiger partial charge in [-0.3, -0.25) is 14.4 Å². The normalized spacial score (nSPS) is 18.5. The van der Waals surface area contributed by atoms with E-state index in [0.717, 1.165) is 14.7 Å². The number of benzene rings is 3. The van der Waals surface area contributed by atoms with E-state index >= 15 is 0 Å². The number of nitrogens with two attached hydrogens (primary N) is 1. The van der Waals surface area contributed by atoms with Crippen LogP contribution in [-0.2, 0) is 15.1 Å². The van der Waals surface area contributed by atoms with E-state index in [9.17, 15) is 19.2 Å². The smallest absolute Gasteiger partial charge is 0.341 e. The molecule has 1 unspecified atom stereocenters. The Kier molecular flexibility index (Phi) is 3.67. The number of hydrogen-bond donors (Lipinski definition) is 1. The molecule has 0 fully saturated rings. The van der Waals surface area contributed by atoms with Crippen LogP contribution in [0.1, 0.15) is 22.8 Å². The van der Waals surface area contributed by atoms with Gasteiger partial charge in [0.25, 0.3) is 11.1 Å². The Morgan fingerprint density at radius 2 is 1.61 bits per heavy atom. The standard InChI is InChI=1S/C25H17N3O5/c1-2-33-24(32)19-21(26)27-22(30)14-9-3-4-10-15(14)23(31)28(27)25(19)17-12-6-8-13-7-5-11-16(18(13)17)20(25)29/h3-12H,2,26H2,1H3. The van der Waals surface area contributed by atoms with Crippen LogP contribution in [0.15, 0.2) is 75.8 Å². The highest BCUT2D eigenvalue weighted by molar-refractivity contribution is 6.25. The number of Topliss-reactive ketones (excluding diaryl/α,β-unsaturated/α-hetero) is 1. The molecule has 2 heterocycles. The van der Waals surface area contributed by atoms with Gasteiger partial charge < -0.3 is 10.5 Å². The largest absolute Gasteiger partial charge is 0.462 e. The Hall–Kier alpha value is -4.46. The molecule has 162 valence electrons. The molecule has 0 saturated heterocycles. The minimum atomic E-state index is -1.94. The number of rotatable bonds is 2. The van der Waals surface area contributed by atoms with E-state index in [1.807, 2.05) is 12.1 Å². The lowest BCUT2D eigenvalue weighted by molar-refractivity contribution is -0.139. The van der Waals surface area contributed by atoms with E-state index in [4.69, 9.17) is 10.5 Å². The zero-order chi connectivity index (χ0) is 23.1. The van der Waals surface area contributed by atoms with Crippen LogP contribution in [-0.4, -0.2) is 27.7 Å². The number of ketones is 1. The van der Waals surface area contributed by atoms with Gasteiger partial charge in [0, 0.05) is 11.1 Å².